The molecule has 1 aromatic heterocycles. The molecular formula is C18H16N4O5S. The highest BCUT2D eigenvalue weighted by Crippen LogP contribution is 2.26. The van der Waals surface area contributed by atoms with E-state index >= 15 is 0 Å². The normalized spacial score (nSPS) is 14.8. The van der Waals surface area contributed by atoms with Crippen LogP contribution in [0.1, 0.15) is 12.5 Å². The van der Waals surface area contributed by atoms with E-state index in [0.717, 1.165) is 17.3 Å². The summed E-state index contributed by atoms with van der Waals surface area (Å²) in [7, 11) is 0. The molecular weight excluding hydrogens is 384 g/mol. The number of hydrogen-bond donors (Lipinski definition) is 2. The van der Waals surface area contributed by atoms with E-state index in [1.165, 1.54) is 23.8 Å². The standard InChI is InChI=1S/C18H16N4O5S/c1-11(23)19-15-6-7-22(17(25)20-15)8-9-27-13-4-2-12(3-5-13)10-14-16(24)21-18(26)28-14/h2-7,10H,8-9H2,1H3,(H,21,24,26)(H,19,20,23,25)/b14-10-. The highest BCUT2D eigenvalue weighted by Gasteiger charge is 2.24. The number of ether oxygens (including phenoxy) is 1. The second kappa shape index (κ2) is 8.53. The minimum atomic E-state index is -0.487. The highest BCUT2D eigenvalue weighted by atomic mass is 32.2. The molecule has 1 aromatic carbocycles. The Morgan fingerprint density at radius 2 is 2.00 bits per heavy atom. The van der Waals surface area contributed by atoms with Crippen molar-refractivity contribution in [2.45, 2.75) is 13.5 Å². The minimum absolute atomic E-state index is 0.204. The fourth-order valence-electron chi connectivity index (χ4n) is 2.34. The molecule has 144 valence electrons. The van der Waals surface area contributed by atoms with Crippen molar-refractivity contribution in [1.29, 1.82) is 0 Å². The fraction of sp³-hybridized carbons (Fsp3) is 0.167. The predicted octanol–water partition coefficient (Wildman–Crippen LogP) is 1.60. The number of benzene rings is 1. The molecule has 0 unspecified atom stereocenters. The molecule has 0 aliphatic carbocycles. The number of hydrogen-bond acceptors (Lipinski definition) is 7. The van der Waals surface area contributed by atoms with Crippen LogP contribution in [0, 0.1) is 0 Å². The molecule has 1 saturated heterocycles. The lowest BCUT2D eigenvalue weighted by Gasteiger charge is -2.09. The van der Waals surface area contributed by atoms with Gasteiger partial charge in [0.05, 0.1) is 11.4 Å². The van der Waals surface area contributed by atoms with Crippen molar-refractivity contribution in [3.8, 4) is 5.75 Å². The van der Waals surface area contributed by atoms with Crippen molar-refractivity contribution < 1.29 is 19.1 Å². The third-order valence-corrected chi connectivity index (χ3v) is 4.41. The van der Waals surface area contributed by atoms with Gasteiger partial charge in [-0.1, -0.05) is 12.1 Å². The van der Waals surface area contributed by atoms with E-state index < -0.39 is 11.6 Å². The lowest BCUT2D eigenvalue weighted by molar-refractivity contribution is -0.115. The van der Waals surface area contributed by atoms with Crippen LogP contribution in [0.3, 0.4) is 0 Å². The van der Waals surface area contributed by atoms with Gasteiger partial charge in [-0.15, -0.1) is 0 Å². The van der Waals surface area contributed by atoms with Gasteiger partial charge in [0.15, 0.2) is 0 Å². The molecule has 3 rings (SSSR count). The van der Waals surface area contributed by atoms with Gasteiger partial charge in [-0.3, -0.25) is 24.3 Å². The molecule has 28 heavy (non-hydrogen) atoms. The molecule has 0 radical (unpaired) electrons. The van der Waals surface area contributed by atoms with Gasteiger partial charge in [-0.2, -0.15) is 4.98 Å². The van der Waals surface area contributed by atoms with E-state index in [4.69, 9.17) is 4.74 Å². The van der Waals surface area contributed by atoms with Crippen molar-refractivity contribution in [2.24, 2.45) is 0 Å². The van der Waals surface area contributed by atoms with E-state index in [0.29, 0.717) is 10.7 Å². The summed E-state index contributed by atoms with van der Waals surface area (Å²) < 4.78 is 6.98. The number of nitrogens with one attached hydrogen (secondary N) is 2. The zero-order valence-electron chi connectivity index (χ0n) is 14.8. The first-order valence-electron chi connectivity index (χ1n) is 8.23. The average Bonchev–Trinajstić information content (AvgIpc) is 2.95. The molecule has 2 N–H and O–H groups in total. The molecule has 1 fully saturated rings. The van der Waals surface area contributed by atoms with Crippen LogP contribution in [0.15, 0.2) is 46.2 Å². The maximum absolute atomic E-state index is 11.9. The first kappa shape index (κ1) is 19.4. The monoisotopic (exact) mass is 400 g/mol. The Bertz CT molecular complexity index is 1010. The van der Waals surface area contributed by atoms with E-state index in [1.54, 1.807) is 30.3 Å². The molecule has 0 spiro atoms. The molecule has 9 nitrogen and oxygen atoms in total. The van der Waals surface area contributed by atoms with Gasteiger partial charge >= 0.3 is 5.69 Å². The van der Waals surface area contributed by atoms with Crippen molar-refractivity contribution in [3.63, 3.8) is 0 Å². The number of thioether (sulfide) groups is 1. The Balaban J connectivity index is 1.55. The molecule has 2 heterocycles. The topological polar surface area (TPSA) is 119 Å². The van der Waals surface area contributed by atoms with Crippen molar-refractivity contribution in [2.75, 3.05) is 11.9 Å². The predicted molar refractivity (Wildman–Crippen MR) is 104 cm³/mol. The van der Waals surface area contributed by atoms with Crippen LogP contribution in [0.4, 0.5) is 10.6 Å². The number of rotatable bonds is 6. The summed E-state index contributed by atoms with van der Waals surface area (Å²) in [6.07, 6.45) is 3.15. The fourth-order valence-corrected chi connectivity index (χ4v) is 3.03. The number of amides is 3. The van der Waals surface area contributed by atoms with Gasteiger partial charge in [0.1, 0.15) is 18.2 Å². The zero-order valence-corrected chi connectivity index (χ0v) is 15.6. The number of nitrogens with zero attached hydrogens (tertiary/aromatic N) is 2. The molecule has 1 aliphatic heterocycles. The maximum Gasteiger partial charge on any atom is 0.349 e. The number of carbonyl (C=O) groups is 3. The van der Waals surface area contributed by atoms with Crippen LogP contribution < -0.4 is 21.1 Å². The third kappa shape index (κ3) is 5.07. The van der Waals surface area contributed by atoms with E-state index in [1.807, 2.05) is 0 Å². The molecule has 10 heteroatoms. The first-order valence-corrected chi connectivity index (χ1v) is 9.05. The summed E-state index contributed by atoms with van der Waals surface area (Å²) >= 11 is 0.858. The quantitative estimate of drug-likeness (QED) is 0.707. The highest BCUT2D eigenvalue weighted by molar-refractivity contribution is 8.18. The Morgan fingerprint density at radius 1 is 1.25 bits per heavy atom. The van der Waals surface area contributed by atoms with Crippen LogP contribution in [-0.4, -0.2) is 33.2 Å². The Morgan fingerprint density at radius 3 is 2.61 bits per heavy atom. The van der Waals surface area contributed by atoms with Crippen LogP contribution in [0.2, 0.25) is 0 Å². The third-order valence-electron chi connectivity index (χ3n) is 3.60. The molecule has 0 atom stereocenters. The lowest BCUT2D eigenvalue weighted by Crippen LogP contribution is -2.26. The van der Waals surface area contributed by atoms with E-state index in [9.17, 15) is 19.2 Å². The van der Waals surface area contributed by atoms with Crippen LogP contribution >= 0.6 is 11.8 Å². The first-order chi connectivity index (χ1) is 13.4. The van der Waals surface area contributed by atoms with Crippen molar-refractivity contribution in [3.05, 3.63) is 57.5 Å². The molecule has 0 saturated carbocycles. The largest absolute Gasteiger partial charge is 0.492 e. The smallest absolute Gasteiger partial charge is 0.349 e. The average molecular weight is 400 g/mol. The number of carbonyl (C=O) groups excluding carboxylic acids is 3. The summed E-state index contributed by atoms with van der Waals surface area (Å²) in [5.41, 5.74) is 0.271. The van der Waals surface area contributed by atoms with Gasteiger partial charge < -0.3 is 10.1 Å². The summed E-state index contributed by atoms with van der Waals surface area (Å²) in [6, 6.07) is 8.51. The molecule has 1 aliphatic rings. The molecule has 3 amide bonds. The van der Waals surface area contributed by atoms with Gasteiger partial charge in [-0.05, 0) is 41.6 Å². The summed E-state index contributed by atoms with van der Waals surface area (Å²) in [4.78, 5) is 49.7. The van der Waals surface area contributed by atoms with Gasteiger partial charge in [-0.25, -0.2) is 4.79 Å². The van der Waals surface area contributed by atoms with Crippen LogP contribution in [-0.2, 0) is 16.1 Å². The molecule has 0 bridgehead atoms. The Labute approximate surface area is 163 Å². The van der Waals surface area contributed by atoms with Gasteiger partial charge in [0.2, 0.25) is 5.91 Å². The summed E-state index contributed by atoms with van der Waals surface area (Å²) in [6.45, 7) is 1.87. The van der Waals surface area contributed by atoms with Gasteiger partial charge in [0.25, 0.3) is 11.1 Å². The van der Waals surface area contributed by atoms with E-state index in [2.05, 4.69) is 15.6 Å². The Hall–Kier alpha value is -3.40. The van der Waals surface area contributed by atoms with Gasteiger partial charge in [0, 0.05) is 13.1 Å². The minimum Gasteiger partial charge on any atom is -0.492 e. The second-order valence-corrected chi connectivity index (χ2v) is 6.75. The lowest BCUT2D eigenvalue weighted by atomic mass is 10.2. The van der Waals surface area contributed by atoms with E-state index in [-0.39, 0.29) is 30.1 Å². The van der Waals surface area contributed by atoms with Crippen LogP contribution in [0.25, 0.3) is 6.08 Å². The summed E-state index contributed by atoms with van der Waals surface area (Å²) in [5, 5.41) is 4.26. The second-order valence-electron chi connectivity index (χ2n) is 5.74. The van der Waals surface area contributed by atoms with Crippen LogP contribution in [0.5, 0.6) is 5.75 Å². The summed E-state index contributed by atoms with van der Waals surface area (Å²) in [5.74, 6) is 0.0949. The molecule has 2 aromatic rings. The van der Waals surface area contributed by atoms with Crippen molar-refractivity contribution in [1.82, 2.24) is 14.9 Å². The SMILES string of the molecule is CC(=O)Nc1ccn(CCOc2ccc(/C=C3\SC(=O)NC3=O)cc2)c(=O)n1. The maximum atomic E-state index is 11.9. The number of imide groups is 1. The number of anilines is 1. The Kier molecular flexibility index (Phi) is 5.90. The van der Waals surface area contributed by atoms with Crippen molar-refractivity contribution >= 4 is 40.7 Å². The zero-order chi connectivity index (χ0) is 20.1. The number of aromatic nitrogens is 2.